The fraction of sp³-hybridized carbons (Fsp3) is 0.222. The molecule has 7 nitrogen and oxygen atoms in total. The van der Waals surface area contributed by atoms with E-state index in [0.29, 0.717) is 35.1 Å². The van der Waals surface area contributed by atoms with E-state index in [2.05, 4.69) is 37.7 Å². The Morgan fingerprint density at radius 3 is 2.61 bits per heavy atom. The van der Waals surface area contributed by atoms with Gasteiger partial charge in [0.1, 0.15) is 11.6 Å². The van der Waals surface area contributed by atoms with Gasteiger partial charge in [-0.1, -0.05) is 24.6 Å². The largest absolute Gasteiger partial charge is 0.366 e. The molecule has 0 aliphatic heterocycles. The smallest absolute Gasteiger partial charge is 0.214 e. The summed E-state index contributed by atoms with van der Waals surface area (Å²) in [5.74, 6) is 1.30. The lowest BCUT2D eigenvalue weighted by Crippen LogP contribution is -2.12. The molecule has 4 aromatic rings. The molecule has 2 N–H and O–H groups in total. The topological polar surface area (TPSA) is 88.5 Å². The molecule has 3 aliphatic carbocycles. The molecular weight excluding hydrogens is 460 g/mol. The Hall–Kier alpha value is -4.27. The summed E-state index contributed by atoms with van der Waals surface area (Å²) in [5, 5.41) is 7.42. The Kier molecular flexibility index (Phi) is 4.77. The van der Waals surface area contributed by atoms with Crippen LogP contribution in [0.5, 0.6) is 0 Å². The van der Waals surface area contributed by atoms with E-state index in [1.165, 1.54) is 19.3 Å². The van der Waals surface area contributed by atoms with E-state index in [4.69, 9.17) is 9.97 Å². The molecule has 3 aliphatic rings. The molecule has 0 radical (unpaired) electrons. The van der Waals surface area contributed by atoms with Crippen molar-refractivity contribution in [2.45, 2.75) is 25.3 Å². The predicted molar refractivity (Wildman–Crippen MR) is 133 cm³/mol. The average Bonchev–Trinajstić information content (AvgIpc) is 3.25. The number of nitrogens with one attached hydrogen (secondary N) is 2. The summed E-state index contributed by atoms with van der Waals surface area (Å²) in [4.78, 5) is 22.0. The molecule has 4 heterocycles. The lowest BCUT2D eigenvalue weighted by atomic mass is 9.97. The number of hydrogen-bond acceptors (Lipinski definition) is 7. The summed E-state index contributed by atoms with van der Waals surface area (Å²) in [6, 6.07) is 5.88. The third-order valence-electron chi connectivity index (χ3n) is 7.26. The highest BCUT2D eigenvalue weighted by Gasteiger charge is 2.52. The van der Waals surface area contributed by atoms with E-state index in [1.807, 2.05) is 12.3 Å². The van der Waals surface area contributed by atoms with Crippen molar-refractivity contribution in [3.63, 3.8) is 0 Å². The highest BCUT2D eigenvalue weighted by molar-refractivity contribution is 6.02. The van der Waals surface area contributed by atoms with E-state index in [9.17, 15) is 8.78 Å². The SMILES string of the molecule is Fc1ccc(F)c(Nc2cc(-c3nc(NC4C5CCCC54)c4c(C5=CC=C5)cncc4n3)ccn2)n1. The van der Waals surface area contributed by atoms with Crippen molar-refractivity contribution in [1.82, 2.24) is 24.9 Å². The third-order valence-corrected chi connectivity index (χ3v) is 7.26. The van der Waals surface area contributed by atoms with Crippen LogP contribution in [-0.2, 0) is 0 Å². The normalized spacial score (nSPS) is 21.6. The number of hydrogen-bond donors (Lipinski definition) is 2. The van der Waals surface area contributed by atoms with Crippen molar-refractivity contribution in [2.75, 3.05) is 10.6 Å². The van der Waals surface area contributed by atoms with Crippen LogP contribution in [0.4, 0.5) is 26.2 Å². The van der Waals surface area contributed by atoms with Gasteiger partial charge in [0.25, 0.3) is 0 Å². The molecule has 9 heteroatoms. The van der Waals surface area contributed by atoms with Crippen LogP contribution in [0.25, 0.3) is 27.9 Å². The maximum Gasteiger partial charge on any atom is 0.214 e. The molecule has 2 saturated carbocycles. The van der Waals surface area contributed by atoms with Gasteiger partial charge in [-0.25, -0.2) is 19.3 Å². The van der Waals surface area contributed by atoms with E-state index < -0.39 is 11.8 Å². The van der Waals surface area contributed by atoms with Crippen molar-refractivity contribution in [3.05, 3.63) is 78.4 Å². The van der Waals surface area contributed by atoms with E-state index in [1.54, 1.807) is 24.5 Å². The lowest BCUT2D eigenvalue weighted by molar-refractivity contribution is 0.564. The number of aromatic nitrogens is 5. The fourth-order valence-corrected chi connectivity index (χ4v) is 5.37. The molecule has 178 valence electrons. The quantitative estimate of drug-likeness (QED) is 0.343. The second-order valence-electron chi connectivity index (χ2n) is 9.41. The van der Waals surface area contributed by atoms with Crippen LogP contribution in [0.2, 0.25) is 0 Å². The maximum atomic E-state index is 14.1. The average molecular weight is 482 g/mol. The zero-order valence-corrected chi connectivity index (χ0v) is 19.1. The summed E-state index contributed by atoms with van der Waals surface area (Å²) < 4.78 is 27.6. The third kappa shape index (κ3) is 3.59. The molecular formula is C27H21F2N7. The molecule has 2 unspecified atom stereocenters. The minimum atomic E-state index is -0.784. The molecule has 0 amide bonds. The number of nitrogens with zero attached hydrogens (tertiary/aromatic N) is 5. The van der Waals surface area contributed by atoms with Crippen LogP contribution in [-0.4, -0.2) is 31.0 Å². The molecule has 7 rings (SSSR count). The summed E-state index contributed by atoms with van der Waals surface area (Å²) in [6.07, 6.45) is 15.1. The van der Waals surface area contributed by atoms with Crippen LogP contribution >= 0.6 is 0 Å². The number of rotatable bonds is 6. The van der Waals surface area contributed by atoms with Gasteiger partial charge in [0.15, 0.2) is 17.5 Å². The van der Waals surface area contributed by atoms with E-state index in [0.717, 1.165) is 40.0 Å². The fourth-order valence-electron chi connectivity index (χ4n) is 5.37. The van der Waals surface area contributed by atoms with Crippen molar-refractivity contribution >= 4 is 33.9 Å². The van der Waals surface area contributed by atoms with Gasteiger partial charge in [-0.05, 0) is 54.5 Å². The van der Waals surface area contributed by atoms with Gasteiger partial charge in [-0.2, -0.15) is 9.37 Å². The molecule has 0 aromatic carbocycles. The Morgan fingerprint density at radius 2 is 1.81 bits per heavy atom. The Balaban J connectivity index is 1.30. The van der Waals surface area contributed by atoms with Gasteiger partial charge in [0, 0.05) is 29.6 Å². The Morgan fingerprint density at radius 1 is 0.944 bits per heavy atom. The number of pyridine rings is 3. The lowest BCUT2D eigenvalue weighted by Gasteiger charge is -2.16. The number of halogens is 2. The summed E-state index contributed by atoms with van der Waals surface area (Å²) in [7, 11) is 0. The highest BCUT2D eigenvalue weighted by Crippen LogP contribution is 2.53. The standard InChI is InChI=1S/C27H21F2N7/c28-19-7-8-21(29)33-26(19)34-22-11-15(9-10-31-22)25-32-20-13-30-12-18(14-3-1-4-14)23(20)27(36-25)35-24-16-5-2-6-17(16)24/h1,3-4,7-13,16-17,24H,2,5-6H2,(H,31,33,34)(H,32,35,36). The molecule has 2 atom stereocenters. The maximum absolute atomic E-state index is 14.1. The van der Waals surface area contributed by atoms with Crippen LogP contribution in [0.1, 0.15) is 24.8 Å². The number of allylic oxidation sites excluding steroid dienone is 4. The molecule has 0 bridgehead atoms. The van der Waals surface area contributed by atoms with Gasteiger partial charge in [0.2, 0.25) is 5.95 Å². The van der Waals surface area contributed by atoms with Crippen LogP contribution in [0.3, 0.4) is 0 Å². The monoisotopic (exact) mass is 481 g/mol. The zero-order valence-electron chi connectivity index (χ0n) is 19.1. The second-order valence-corrected chi connectivity index (χ2v) is 9.41. The summed E-state index contributed by atoms with van der Waals surface area (Å²) in [6.45, 7) is 0. The van der Waals surface area contributed by atoms with Gasteiger partial charge in [0.05, 0.1) is 17.1 Å². The number of anilines is 3. The van der Waals surface area contributed by atoms with Gasteiger partial charge in [-0.3, -0.25) is 4.98 Å². The van der Waals surface area contributed by atoms with E-state index >= 15 is 0 Å². The Bertz CT molecular complexity index is 1570. The van der Waals surface area contributed by atoms with Crippen molar-refractivity contribution < 1.29 is 8.78 Å². The van der Waals surface area contributed by atoms with Crippen molar-refractivity contribution in [3.8, 4) is 11.4 Å². The second kappa shape index (κ2) is 8.15. The first-order valence-electron chi connectivity index (χ1n) is 12.0. The van der Waals surface area contributed by atoms with Crippen LogP contribution in [0.15, 0.2) is 61.1 Å². The first-order chi connectivity index (χ1) is 17.6. The van der Waals surface area contributed by atoms with Gasteiger partial charge in [-0.15, -0.1) is 0 Å². The van der Waals surface area contributed by atoms with Crippen molar-refractivity contribution in [1.29, 1.82) is 0 Å². The minimum absolute atomic E-state index is 0.239. The van der Waals surface area contributed by atoms with E-state index in [-0.39, 0.29) is 5.82 Å². The van der Waals surface area contributed by atoms with Gasteiger partial charge < -0.3 is 10.6 Å². The predicted octanol–water partition coefficient (Wildman–Crippen LogP) is 5.67. The van der Waals surface area contributed by atoms with Crippen LogP contribution in [0, 0.1) is 23.6 Å². The zero-order chi connectivity index (χ0) is 24.2. The van der Waals surface area contributed by atoms with Gasteiger partial charge >= 0.3 is 0 Å². The van der Waals surface area contributed by atoms with Crippen LogP contribution < -0.4 is 10.6 Å². The number of fused-ring (bicyclic) bond motifs is 2. The molecule has 0 saturated heterocycles. The molecule has 2 fully saturated rings. The first kappa shape index (κ1) is 21.0. The Labute approximate surface area is 205 Å². The summed E-state index contributed by atoms with van der Waals surface area (Å²) in [5.41, 5.74) is 3.51. The molecule has 36 heavy (non-hydrogen) atoms. The molecule has 0 spiro atoms. The van der Waals surface area contributed by atoms with Crippen molar-refractivity contribution in [2.24, 2.45) is 11.8 Å². The minimum Gasteiger partial charge on any atom is -0.366 e. The molecule has 4 aromatic heterocycles. The highest BCUT2D eigenvalue weighted by atomic mass is 19.1. The first-order valence-corrected chi connectivity index (χ1v) is 12.0. The summed E-state index contributed by atoms with van der Waals surface area (Å²) >= 11 is 0.